The maximum atomic E-state index is 11.3. The minimum atomic E-state index is 0.144. The molecule has 1 heteroatoms. The highest BCUT2D eigenvalue weighted by Gasteiger charge is 1.93. The van der Waals surface area contributed by atoms with E-state index in [0.717, 1.165) is 13.1 Å². The summed E-state index contributed by atoms with van der Waals surface area (Å²) in [5.74, 6) is 0.144. The maximum Gasteiger partial charge on any atom is 0.134 e. The molecule has 1 unspecified atom stereocenters. The second-order valence-corrected chi connectivity index (χ2v) is 1.51. The average Bonchev–Trinajstić information content (AvgIpc) is 1.65. The summed E-state index contributed by atoms with van der Waals surface area (Å²) in [5.41, 5.74) is 0. The summed E-state index contributed by atoms with van der Waals surface area (Å²) in [6.07, 6.45) is 0.899. The topological polar surface area (TPSA) is 0 Å². The molecule has 0 rings (SSSR count). The van der Waals surface area contributed by atoms with Crippen LogP contribution in [0.4, 0.5) is 4.39 Å². The summed E-state index contributed by atoms with van der Waals surface area (Å²) in [5, 5.41) is 0. The fourth-order valence-electron chi connectivity index (χ4n) is 0.0891. The summed E-state index contributed by atoms with van der Waals surface area (Å²) in [6, 6.07) is 0. The van der Waals surface area contributed by atoms with Gasteiger partial charge < -0.3 is 0 Å². The van der Waals surface area contributed by atoms with Gasteiger partial charge in [0.25, 0.3) is 0 Å². The van der Waals surface area contributed by atoms with Gasteiger partial charge in [0, 0.05) is 0 Å². The van der Waals surface area contributed by atoms with Crippen molar-refractivity contribution < 1.29 is 4.39 Å². The van der Waals surface area contributed by atoms with E-state index in [0.29, 0.717) is 0 Å². The summed E-state index contributed by atoms with van der Waals surface area (Å²) >= 11 is 0. The lowest BCUT2D eigenvalue weighted by molar-refractivity contribution is 0.469. The zero-order valence-electron chi connectivity index (χ0n) is 4.24. The van der Waals surface area contributed by atoms with E-state index in [2.05, 4.69) is 0 Å². The minimum absolute atomic E-state index is 0.144. The van der Waals surface area contributed by atoms with Crippen molar-refractivity contribution in [2.75, 3.05) is 0 Å². The summed E-state index contributed by atoms with van der Waals surface area (Å²) < 4.78 is 11.3. The van der Waals surface area contributed by atoms with Crippen LogP contribution in [0.25, 0.3) is 0 Å². The van der Waals surface area contributed by atoms with Gasteiger partial charge in [0.2, 0.25) is 0 Å². The third kappa shape index (κ3) is 2.18. The molecule has 37 valence electrons. The number of halogens is 1. The number of rotatable bonds is 2. The normalized spacial score (nSPS) is 14.5. The van der Waals surface area contributed by atoms with E-state index in [1.807, 2.05) is 13.8 Å². The molecule has 0 aliphatic heterocycles. The molecule has 0 spiro atoms. The Morgan fingerprint density at radius 2 is 2.33 bits per heavy atom. The van der Waals surface area contributed by atoms with Crippen LogP contribution in [0.1, 0.15) is 20.3 Å². The SMILES string of the molecule is CCC(C)[CH]F. The van der Waals surface area contributed by atoms with Crippen molar-refractivity contribution >= 4 is 0 Å². The van der Waals surface area contributed by atoms with Crippen LogP contribution in [0, 0.1) is 12.6 Å². The van der Waals surface area contributed by atoms with Crippen molar-refractivity contribution in [3.05, 3.63) is 6.67 Å². The highest BCUT2D eigenvalue weighted by molar-refractivity contribution is 4.55. The molecule has 0 aromatic rings. The first-order chi connectivity index (χ1) is 2.81. The van der Waals surface area contributed by atoms with Crippen molar-refractivity contribution in [2.24, 2.45) is 5.92 Å². The smallest absolute Gasteiger partial charge is 0.134 e. The highest BCUT2D eigenvalue weighted by atomic mass is 19.1. The van der Waals surface area contributed by atoms with Crippen LogP contribution in [-0.4, -0.2) is 0 Å². The zero-order valence-corrected chi connectivity index (χ0v) is 4.24. The first-order valence-corrected chi connectivity index (χ1v) is 2.24. The molecule has 1 atom stereocenters. The number of hydrogen-bond acceptors (Lipinski definition) is 0. The molecule has 0 aromatic heterocycles. The Morgan fingerprint density at radius 3 is 2.33 bits per heavy atom. The van der Waals surface area contributed by atoms with E-state index in [9.17, 15) is 4.39 Å². The Labute approximate surface area is 38.4 Å². The van der Waals surface area contributed by atoms with Gasteiger partial charge in [-0.05, 0) is 5.92 Å². The van der Waals surface area contributed by atoms with Crippen molar-refractivity contribution in [1.29, 1.82) is 0 Å². The Kier molecular flexibility index (Phi) is 3.10. The third-order valence-electron chi connectivity index (χ3n) is 0.859. The van der Waals surface area contributed by atoms with Crippen molar-refractivity contribution in [1.82, 2.24) is 0 Å². The second kappa shape index (κ2) is 3.13. The largest absolute Gasteiger partial charge is 0.244 e. The average molecular weight is 89.1 g/mol. The number of hydrogen-bond donors (Lipinski definition) is 0. The van der Waals surface area contributed by atoms with Crippen molar-refractivity contribution in [3.8, 4) is 0 Å². The first kappa shape index (κ1) is 5.93. The molecule has 0 heterocycles. The highest BCUT2D eigenvalue weighted by Crippen LogP contribution is 2.03. The molecule has 0 aliphatic carbocycles. The van der Waals surface area contributed by atoms with E-state index in [-0.39, 0.29) is 5.92 Å². The molecule has 0 saturated carbocycles. The quantitative estimate of drug-likeness (QED) is 0.486. The molecule has 0 amide bonds. The van der Waals surface area contributed by atoms with Gasteiger partial charge in [-0.2, -0.15) is 0 Å². The van der Waals surface area contributed by atoms with Crippen LogP contribution in [0.5, 0.6) is 0 Å². The fourth-order valence-corrected chi connectivity index (χ4v) is 0.0891. The maximum absolute atomic E-state index is 11.3. The van der Waals surface area contributed by atoms with Crippen LogP contribution in [-0.2, 0) is 0 Å². The molecule has 0 aliphatic rings. The van der Waals surface area contributed by atoms with Gasteiger partial charge in [-0.25, -0.2) is 4.39 Å². The molecule has 0 nitrogen and oxygen atoms in total. The summed E-state index contributed by atoms with van der Waals surface area (Å²) in [7, 11) is 0. The zero-order chi connectivity index (χ0) is 4.99. The van der Waals surface area contributed by atoms with E-state index in [1.54, 1.807) is 0 Å². The predicted octanol–water partition coefficient (Wildman–Crippen LogP) is 2.16. The molecule has 0 fully saturated rings. The lowest BCUT2D eigenvalue weighted by atomic mass is 10.1. The van der Waals surface area contributed by atoms with E-state index in [4.69, 9.17) is 0 Å². The molecule has 0 aromatic carbocycles. The minimum Gasteiger partial charge on any atom is -0.244 e. The Morgan fingerprint density at radius 1 is 1.83 bits per heavy atom. The van der Waals surface area contributed by atoms with Gasteiger partial charge >= 0.3 is 0 Å². The molecule has 6 heavy (non-hydrogen) atoms. The molecule has 0 bridgehead atoms. The van der Waals surface area contributed by atoms with E-state index < -0.39 is 0 Å². The van der Waals surface area contributed by atoms with Crippen LogP contribution in [0.3, 0.4) is 0 Å². The summed E-state index contributed by atoms with van der Waals surface area (Å²) in [4.78, 5) is 0. The van der Waals surface area contributed by atoms with Crippen molar-refractivity contribution in [2.45, 2.75) is 20.3 Å². The van der Waals surface area contributed by atoms with Gasteiger partial charge in [-0.1, -0.05) is 20.3 Å². The predicted molar refractivity (Wildman–Crippen MR) is 24.9 cm³/mol. The van der Waals surface area contributed by atoms with Gasteiger partial charge in [0.05, 0.1) is 0 Å². The molecule has 1 radical (unpaired) electrons. The van der Waals surface area contributed by atoms with Crippen molar-refractivity contribution in [3.63, 3.8) is 0 Å². The van der Waals surface area contributed by atoms with Crippen LogP contribution < -0.4 is 0 Å². The van der Waals surface area contributed by atoms with E-state index in [1.165, 1.54) is 0 Å². The Balaban J connectivity index is 2.75. The van der Waals surface area contributed by atoms with Gasteiger partial charge in [0.15, 0.2) is 0 Å². The molecule has 0 N–H and O–H groups in total. The Bertz CT molecular complexity index is 23.1. The first-order valence-electron chi connectivity index (χ1n) is 2.24. The van der Waals surface area contributed by atoms with Gasteiger partial charge in [-0.3, -0.25) is 0 Å². The van der Waals surface area contributed by atoms with E-state index >= 15 is 0 Å². The van der Waals surface area contributed by atoms with Gasteiger partial charge in [-0.15, -0.1) is 0 Å². The molecular formula is C5H10F. The lowest BCUT2D eigenvalue weighted by Crippen LogP contribution is -1.85. The Hall–Kier alpha value is -0.0700. The standard InChI is InChI=1S/C5H10F/c1-3-5(2)4-6/h4-5H,3H2,1-2H3. The second-order valence-electron chi connectivity index (χ2n) is 1.51. The monoisotopic (exact) mass is 89.1 g/mol. The van der Waals surface area contributed by atoms with Crippen LogP contribution >= 0.6 is 0 Å². The van der Waals surface area contributed by atoms with Crippen LogP contribution in [0.2, 0.25) is 0 Å². The van der Waals surface area contributed by atoms with Gasteiger partial charge in [0.1, 0.15) is 6.67 Å². The fraction of sp³-hybridized carbons (Fsp3) is 0.800. The molecular weight excluding hydrogens is 79.1 g/mol. The van der Waals surface area contributed by atoms with Crippen LogP contribution in [0.15, 0.2) is 0 Å². The third-order valence-corrected chi connectivity index (χ3v) is 0.859. The molecule has 0 saturated heterocycles. The lowest BCUT2D eigenvalue weighted by Gasteiger charge is -1.94. The summed E-state index contributed by atoms with van der Waals surface area (Å²) in [6.45, 7) is 4.53.